The van der Waals surface area contributed by atoms with Gasteiger partial charge in [-0.3, -0.25) is 0 Å². The van der Waals surface area contributed by atoms with Crippen LogP contribution in [0.3, 0.4) is 0 Å². The Morgan fingerprint density at radius 3 is 2.65 bits per heavy atom. The van der Waals surface area contributed by atoms with Gasteiger partial charge in [-0.15, -0.1) is 0 Å². The Morgan fingerprint density at radius 1 is 1.18 bits per heavy atom. The van der Waals surface area contributed by atoms with Crippen molar-refractivity contribution < 1.29 is 9.50 Å². The van der Waals surface area contributed by atoms with Crippen LogP contribution in [0.2, 0.25) is 0 Å². The first-order valence-electron chi connectivity index (χ1n) is 5.12. The molecule has 0 bridgehead atoms. The van der Waals surface area contributed by atoms with Gasteiger partial charge in [0.05, 0.1) is 5.69 Å². The number of aromatic hydroxyl groups is 1. The molecule has 0 saturated heterocycles. The van der Waals surface area contributed by atoms with Crippen LogP contribution < -0.4 is 5.32 Å². The lowest BCUT2D eigenvalue weighted by atomic mass is 10.2. The minimum absolute atomic E-state index is 0.214. The number of rotatable bonds is 3. The summed E-state index contributed by atoms with van der Waals surface area (Å²) in [7, 11) is 0. The quantitative estimate of drug-likeness (QED) is 0.832. The zero-order chi connectivity index (χ0) is 12.3. The van der Waals surface area contributed by atoms with Crippen LogP contribution in [0, 0.1) is 9.39 Å². The molecule has 0 heterocycles. The van der Waals surface area contributed by atoms with Crippen molar-refractivity contribution in [2.45, 2.75) is 6.54 Å². The predicted molar refractivity (Wildman–Crippen MR) is 74.6 cm³/mol. The average Bonchev–Trinajstić information content (AvgIpc) is 2.30. The third-order valence-corrected chi connectivity index (χ3v) is 3.06. The van der Waals surface area contributed by atoms with E-state index in [2.05, 4.69) is 27.9 Å². The van der Waals surface area contributed by atoms with Gasteiger partial charge in [-0.1, -0.05) is 18.2 Å². The molecule has 0 aliphatic heterocycles. The smallest absolute Gasteiger partial charge is 0.147 e. The Bertz CT molecular complexity index is 531. The lowest BCUT2D eigenvalue weighted by molar-refractivity contribution is 0.469. The average molecular weight is 343 g/mol. The van der Waals surface area contributed by atoms with Crippen LogP contribution in [0.1, 0.15) is 5.56 Å². The summed E-state index contributed by atoms with van der Waals surface area (Å²) in [6, 6.07) is 12.0. The molecule has 2 aromatic carbocycles. The van der Waals surface area contributed by atoms with Crippen molar-refractivity contribution in [2.24, 2.45) is 0 Å². The standard InChI is InChI=1S/C13H11FINO/c14-11-7-10(15)5-6-12(11)16-8-9-3-1-2-4-13(9)17/h1-7,16-17H,8H2. The fourth-order valence-electron chi connectivity index (χ4n) is 1.48. The summed E-state index contributed by atoms with van der Waals surface area (Å²) in [5.74, 6) is -0.0711. The van der Waals surface area contributed by atoms with Crippen molar-refractivity contribution in [3.8, 4) is 5.75 Å². The largest absolute Gasteiger partial charge is 0.508 e. The van der Waals surface area contributed by atoms with Crippen molar-refractivity contribution in [3.63, 3.8) is 0 Å². The molecule has 88 valence electrons. The molecule has 0 fully saturated rings. The number of hydrogen-bond acceptors (Lipinski definition) is 2. The molecule has 2 aromatic rings. The number of phenols is 1. The normalized spacial score (nSPS) is 10.2. The SMILES string of the molecule is Oc1ccccc1CNc1ccc(I)cc1F. The summed E-state index contributed by atoms with van der Waals surface area (Å²) < 4.78 is 14.4. The van der Waals surface area contributed by atoms with Gasteiger partial charge >= 0.3 is 0 Å². The summed E-state index contributed by atoms with van der Waals surface area (Å²) in [6.45, 7) is 0.393. The molecule has 0 amide bonds. The van der Waals surface area contributed by atoms with Gasteiger partial charge in [0.25, 0.3) is 0 Å². The second kappa shape index (κ2) is 5.35. The maximum Gasteiger partial charge on any atom is 0.147 e. The minimum atomic E-state index is -0.285. The number of hydrogen-bond donors (Lipinski definition) is 2. The summed E-state index contributed by atoms with van der Waals surface area (Å²) >= 11 is 2.06. The van der Waals surface area contributed by atoms with Gasteiger partial charge in [-0.05, 0) is 46.9 Å². The first kappa shape index (κ1) is 12.2. The van der Waals surface area contributed by atoms with Gasteiger partial charge in [0, 0.05) is 15.7 Å². The van der Waals surface area contributed by atoms with Gasteiger partial charge in [0.15, 0.2) is 0 Å². The van der Waals surface area contributed by atoms with Crippen LogP contribution in [-0.2, 0) is 6.54 Å². The van der Waals surface area contributed by atoms with Crippen LogP contribution in [0.5, 0.6) is 5.75 Å². The maximum absolute atomic E-state index is 13.5. The van der Waals surface area contributed by atoms with Crippen molar-refractivity contribution in [2.75, 3.05) is 5.32 Å². The van der Waals surface area contributed by atoms with Gasteiger partial charge in [0.2, 0.25) is 0 Å². The van der Waals surface area contributed by atoms with Crippen molar-refractivity contribution in [3.05, 3.63) is 57.4 Å². The molecule has 2 N–H and O–H groups in total. The molecular formula is C13H11FINO. The predicted octanol–water partition coefficient (Wildman–Crippen LogP) is 3.75. The minimum Gasteiger partial charge on any atom is -0.508 e. The number of anilines is 1. The van der Waals surface area contributed by atoms with E-state index in [1.807, 2.05) is 12.1 Å². The molecule has 0 saturated carbocycles. The molecule has 0 aliphatic rings. The van der Waals surface area contributed by atoms with E-state index in [0.29, 0.717) is 12.2 Å². The Balaban J connectivity index is 2.10. The van der Waals surface area contributed by atoms with Gasteiger partial charge in [-0.25, -0.2) is 4.39 Å². The summed E-state index contributed by atoms with van der Waals surface area (Å²) in [5.41, 5.74) is 1.18. The highest BCUT2D eigenvalue weighted by Crippen LogP contribution is 2.20. The highest BCUT2D eigenvalue weighted by atomic mass is 127. The first-order valence-corrected chi connectivity index (χ1v) is 6.20. The van der Waals surface area contributed by atoms with E-state index in [1.54, 1.807) is 24.3 Å². The Morgan fingerprint density at radius 2 is 1.94 bits per heavy atom. The molecule has 0 atom stereocenters. The highest BCUT2D eigenvalue weighted by molar-refractivity contribution is 14.1. The molecule has 2 rings (SSSR count). The number of phenolic OH excluding ortho intramolecular Hbond substituents is 1. The van der Waals surface area contributed by atoms with E-state index < -0.39 is 0 Å². The molecule has 0 unspecified atom stereocenters. The van der Waals surface area contributed by atoms with Crippen LogP contribution >= 0.6 is 22.6 Å². The van der Waals surface area contributed by atoms with Gasteiger partial charge < -0.3 is 10.4 Å². The Hall–Kier alpha value is -1.30. The van der Waals surface area contributed by atoms with Crippen molar-refractivity contribution in [1.82, 2.24) is 0 Å². The molecule has 17 heavy (non-hydrogen) atoms. The summed E-state index contributed by atoms with van der Waals surface area (Å²) in [4.78, 5) is 0. The van der Waals surface area contributed by atoms with E-state index in [1.165, 1.54) is 6.07 Å². The monoisotopic (exact) mass is 343 g/mol. The number of nitrogens with one attached hydrogen (secondary N) is 1. The zero-order valence-corrected chi connectivity index (χ0v) is 11.1. The molecular weight excluding hydrogens is 332 g/mol. The third-order valence-electron chi connectivity index (χ3n) is 2.39. The zero-order valence-electron chi connectivity index (χ0n) is 8.95. The van der Waals surface area contributed by atoms with Gasteiger partial charge in [0.1, 0.15) is 11.6 Å². The number of para-hydroxylation sites is 1. The fraction of sp³-hybridized carbons (Fsp3) is 0.0769. The van der Waals surface area contributed by atoms with E-state index in [0.717, 1.165) is 9.13 Å². The third kappa shape index (κ3) is 3.09. The number of benzene rings is 2. The maximum atomic E-state index is 13.5. The van der Waals surface area contributed by atoms with Crippen molar-refractivity contribution >= 4 is 28.3 Å². The second-order valence-electron chi connectivity index (χ2n) is 3.61. The molecule has 0 aromatic heterocycles. The fourth-order valence-corrected chi connectivity index (χ4v) is 1.94. The van der Waals surface area contributed by atoms with E-state index in [4.69, 9.17) is 0 Å². The van der Waals surface area contributed by atoms with Crippen LogP contribution in [0.25, 0.3) is 0 Å². The molecule has 0 aliphatic carbocycles. The summed E-state index contributed by atoms with van der Waals surface area (Å²) in [6.07, 6.45) is 0. The lowest BCUT2D eigenvalue weighted by Gasteiger charge is -2.09. The van der Waals surface area contributed by atoms with Crippen molar-refractivity contribution in [1.29, 1.82) is 0 Å². The first-order chi connectivity index (χ1) is 8.16. The van der Waals surface area contributed by atoms with Crippen LogP contribution in [-0.4, -0.2) is 5.11 Å². The number of halogens is 2. The molecule has 4 heteroatoms. The Kier molecular flexibility index (Phi) is 3.83. The lowest BCUT2D eigenvalue weighted by Crippen LogP contribution is -2.01. The topological polar surface area (TPSA) is 32.3 Å². The molecule has 2 nitrogen and oxygen atoms in total. The van der Waals surface area contributed by atoms with E-state index in [9.17, 15) is 9.50 Å². The highest BCUT2D eigenvalue weighted by Gasteiger charge is 2.04. The van der Waals surface area contributed by atoms with E-state index >= 15 is 0 Å². The second-order valence-corrected chi connectivity index (χ2v) is 4.85. The van der Waals surface area contributed by atoms with E-state index in [-0.39, 0.29) is 11.6 Å². The van der Waals surface area contributed by atoms with Gasteiger partial charge in [-0.2, -0.15) is 0 Å². The van der Waals surface area contributed by atoms with Crippen LogP contribution in [0.15, 0.2) is 42.5 Å². The molecule has 0 radical (unpaired) electrons. The summed E-state index contributed by atoms with van der Waals surface area (Å²) in [5, 5.41) is 12.5. The Labute approximate surface area is 113 Å². The molecule has 0 spiro atoms. The van der Waals surface area contributed by atoms with Crippen LogP contribution in [0.4, 0.5) is 10.1 Å².